The molecule has 0 N–H and O–H groups in total. The summed E-state index contributed by atoms with van der Waals surface area (Å²) in [5, 5.41) is 20.0. The van der Waals surface area contributed by atoms with Gasteiger partial charge in [0.2, 0.25) is 5.75 Å². The van der Waals surface area contributed by atoms with E-state index in [1.807, 2.05) is 0 Å². The molecule has 0 aromatic heterocycles. The molecule has 2 aromatic carbocycles. The van der Waals surface area contributed by atoms with Crippen molar-refractivity contribution < 1.29 is 14.1 Å². The molecule has 0 atom stereocenters. The second-order valence-electron chi connectivity index (χ2n) is 3.85. The molecule has 0 radical (unpaired) electrons. The molecule has 0 aliphatic carbocycles. The fourth-order valence-electron chi connectivity index (χ4n) is 1.54. The summed E-state index contributed by atoms with van der Waals surface area (Å²) in [5.41, 5.74) is -0.520. The van der Waals surface area contributed by atoms with Gasteiger partial charge in [-0.3, -0.25) is 10.1 Å². The second kappa shape index (κ2) is 5.95. The number of halogens is 3. The Morgan fingerprint density at radius 2 is 1.86 bits per heavy atom. The minimum Gasteiger partial charge on any atom is -0.449 e. The van der Waals surface area contributed by atoms with Crippen molar-refractivity contribution in [3.63, 3.8) is 0 Å². The maximum absolute atomic E-state index is 13.0. The van der Waals surface area contributed by atoms with E-state index in [1.54, 1.807) is 6.07 Å². The summed E-state index contributed by atoms with van der Waals surface area (Å²) >= 11 is 11.5. The zero-order valence-corrected chi connectivity index (χ0v) is 11.7. The molecule has 0 fully saturated rings. The lowest BCUT2D eigenvalue weighted by atomic mass is 10.2. The Morgan fingerprint density at radius 3 is 2.48 bits per heavy atom. The van der Waals surface area contributed by atoms with E-state index in [0.717, 1.165) is 24.3 Å². The molecule has 2 rings (SSSR count). The number of nitriles is 1. The third-order valence-electron chi connectivity index (χ3n) is 2.48. The van der Waals surface area contributed by atoms with Crippen LogP contribution < -0.4 is 4.74 Å². The van der Waals surface area contributed by atoms with E-state index in [-0.39, 0.29) is 27.1 Å². The van der Waals surface area contributed by atoms with Crippen LogP contribution in [0.2, 0.25) is 10.0 Å². The van der Waals surface area contributed by atoms with Gasteiger partial charge in [0.15, 0.2) is 0 Å². The van der Waals surface area contributed by atoms with Crippen molar-refractivity contribution in [3.8, 4) is 17.6 Å². The van der Waals surface area contributed by atoms with Gasteiger partial charge < -0.3 is 4.74 Å². The molecule has 0 bridgehead atoms. The smallest absolute Gasteiger partial charge is 0.313 e. The predicted octanol–water partition coefficient (Wildman–Crippen LogP) is 4.70. The molecule has 5 nitrogen and oxygen atoms in total. The van der Waals surface area contributed by atoms with Crippen molar-refractivity contribution in [3.05, 3.63) is 61.9 Å². The van der Waals surface area contributed by atoms with Crippen LogP contribution in [0.1, 0.15) is 5.56 Å². The van der Waals surface area contributed by atoms with E-state index in [9.17, 15) is 14.5 Å². The van der Waals surface area contributed by atoms with Gasteiger partial charge >= 0.3 is 5.69 Å². The van der Waals surface area contributed by atoms with E-state index in [2.05, 4.69) is 0 Å². The first kappa shape index (κ1) is 15.0. The number of benzene rings is 2. The molecule has 8 heteroatoms. The molecular weight excluding hydrogens is 322 g/mol. The molecule has 0 amide bonds. The molecule has 0 unspecified atom stereocenters. The summed E-state index contributed by atoms with van der Waals surface area (Å²) in [7, 11) is 0. The minimum atomic E-state index is -0.701. The normalized spacial score (nSPS) is 10.0. The molecule has 106 valence electrons. The van der Waals surface area contributed by atoms with Crippen molar-refractivity contribution in [2.75, 3.05) is 0 Å². The standard InChI is InChI=1S/C13H5Cl2FN2O3/c14-9-4-11(18(19)20)13(5-10(9)15)21-12-2-1-8(16)3-7(12)6-17/h1-5H. The third-order valence-corrected chi connectivity index (χ3v) is 3.20. The average Bonchev–Trinajstić information content (AvgIpc) is 2.44. The number of nitro benzene ring substituents is 1. The highest BCUT2D eigenvalue weighted by molar-refractivity contribution is 6.42. The van der Waals surface area contributed by atoms with Crippen molar-refractivity contribution >= 4 is 28.9 Å². The van der Waals surface area contributed by atoms with Crippen LogP contribution in [0.4, 0.5) is 10.1 Å². The monoisotopic (exact) mass is 326 g/mol. The maximum atomic E-state index is 13.0. The lowest BCUT2D eigenvalue weighted by Crippen LogP contribution is -1.95. The minimum absolute atomic E-state index is 0.00432. The van der Waals surface area contributed by atoms with E-state index < -0.39 is 16.4 Å². The summed E-state index contributed by atoms with van der Waals surface area (Å²) in [5.74, 6) is -0.847. The highest BCUT2D eigenvalue weighted by Gasteiger charge is 2.20. The van der Waals surface area contributed by atoms with Gasteiger partial charge in [-0.05, 0) is 18.2 Å². The average molecular weight is 327 g/mol. The lowest BCUT2D eigenvalue weighted by Gasteiger charge is -2.09. The van der Waals surface area contributed by atoms with Crippen LogP contribution in [0.25, 0.3) is 0 Å². The number of hydrogen-bond acceptors (Lipinski definition) is 4. The first-order chi connectivity index (χ1) is 9.92. The first-order valence-corrected chi connectivity index (χ1v) is 6.19. The Kier molecular flexibility index (Phi) is 4.26. The van der Waals surface area contributed by atoms with Crippen LogP contribution in [0, 0.1) is 27.3 Å². The zero-order valence-electron chi connectivity index (χ0n) is 10.1. The first-order valence-electron chi connectivity index (χ1n) is 5.43. The summed E-state index contributed by atoms with van der Waals surface area (Å²) in [6.45, 7) is 0. The Morgan fingerprint density at radius 1 is 1.19 bits per heavy atom. The number of ether oxygens (including phenoxy) is 1. The van der Waals surface area contributed by atoms with Crippen molar-refractivity contribution in [1.29, 1.82) is 5.26 Å². The van der Waals surface area contributed by atoms with E-state index >= 15 is 0 Å². The summed E-state index contributed by atoms with van der Waals surface area (Å²) in [4.78, 5) is 10.3. The van der Waals surface area contributed by atoms with Crippen LogP contribution in [-0.4, -0.2) is 4.92 Å². The topological polar surface area (TPSA) is 76.2 Å². The maximum Gasteiger partial charge on any atom is 0.313 e. The van der Waals surface area contributed by atoms with Crippen LogP contribution in [0.3, 0.4) is 0 Å². The van der Waals surface area contributed by atoms with E-state index in [1.165, 1.54) is 6.07 Å². The van der Waals surface area contributed by atoms with Gasteiger partial charge in [0.1, 0.15) is 17.6 Å². The van der Waals surface area contributed by atoms with Gasteiger partial charge in [0.25, 0.3) is 0 Å². The highest BCUT2D eigenvalue weighted by Crippen LogP contribution is 2.38. The van der Waals surface area contributed by atoms with Crippen LogP contribution in [0.15, 0.2) is 30.3 Å². The molecule has 21 heavy (non-hydrogen) atoms. The number of rotatable bonds is 3. The van der Waals surface area contributed by atoms with Crippen molar-refractivity contribution in [1.82, 2.24) is 0 Å². The summed E-state index contributed by atoms with van der Waals surface area (Å²) in [6, 6.07) is 7.15. The van der Waals surface area contributed by atoms with Crippen LogP contribution >= 0.6 is 23.2 Å². The fourth-order valence-corrected chi connectivity index (χ4v) is 1.85. The summed E-state index contributed by atoms with van der Waals surface area (Å²) in [6.07, 6.45) is 0. The van der Waals surface area contributed by atoms with Gasteiger partial charge in [0, 0.05) is 12.1 Å². The van der Waals surface area contributed by atoms with Crippen LogP contribution in [-0.2, 0) is 0 Å². The second-order valence-corrected chi connectivity index (χ2v) is 4.66. The lowest BCUT2D eigenvalue weighted by molar-refractivity contribution is -0.385. The van der Waals surface area contributed by atoms with E-state index in [0.29, 0.717) is 0 Å². The van der Waals surface area contributed by atoms with Gasteiger partial charge in [-0.2, -0.15) is 5.26 Å². The number of nitrogens with zero attached hydrogens (tertiary/aromatic N) is 2. The molecular formula is C13H5Cl2FN2O3. The molecule has 0 aliphatic heterocycles. The van der Waals surface area contributed by atoms with Crippen LogP contribution in [0.5, 0.6) is 11.5 Å². The molecule has 0 saturated carbocycles. The highest BCUT2D eigenvalue weighted by atomic mass is 35.5. The van der Waals surface area contributed by atoms with Gasteiger partial charge in [-0.25, -0.2) is 4.39 Å². The van der Waals surface area contributed by atoms with Gasteiger partial charge in [-0.1, -0.05) is 23.2 Å². The number of nitro groups is 1. The van der Waals surface area contributed by atoms with Gasteiger partial charge in [0.05, 0.1) is 20.5 Å². The van der Waals surface area contributed by atoms with Gasteiger partial charge in [-0.15, -0.1) is 0 Å². The Bertz CT molecular complexity index is 775. The van der Waals surface area contributed by atoms with Crippen molar-refractivity contribution in [2.24, 2.45) is 0 Å². The molecule has 2 aromatic rings. The Balaban J connectivity index is 2.52. The number of hydrogen-bond donors (Lipinski definition) is 0. The predicted molar refractivity (Wildman–Crippen MR) is 74.3 cm³/mol. The molecule has 0 aliphatic rings. The van der Waals surface area contributed by atoms with Crippen molar-refractivity contribution in [2.45, 2.75) is 0 Å². The third kappa shape index (κ3) is 3.21. The Labute approximate surface area is 128 Å². The summed E-state index contributed by atoms with van der Waals surface area (Å²) < 4.78 is 18.4. The zero-order chi connectivity index (χ0) is 15.6. The molecule has 0 spiro atoms. The molecule has 0 heterocycles. The molecule has 0 saturated heterocycles. The SMILES string of the molecule is N#Cc1cc(F)ccc1Oc1cc(Cl)c(Cl)cc1[N+](=O)[O-]. The Hall–Kier alpha value is -2.36. The van der Waals surface area contributed by atoms with E-state index in [4.69, 9.17) is 33.2 Å². The quantitative estimate of drug-likeness (QED) is 0.604. The largest absolute Gasteiger partial charge is 0.449 e. The fraction of sp³-hybridized carbons (Fsp3) is 0.